The molecule has 0 aromatic heterocycles. The van der Waals surface area contributed by atoms with E-state index in [2.05, 4.69) is 15.9 Å². The van der Waals surface area contributed by atoms with E-state index in [-0.39, 0.29) is 0 Å². The fraction of sp³-hybridized carbons (Fsp3) is 0.333. The molecule has 1 aromatic rings. The third-order valence-corrected chi connectivity index (χ3v) is 2.32. The molecule has 1 aromatic carbocycles. The lowest BCUT2D eigenvalue weighted by Gasteiger charge is -2.10. The summed E-state index contributed by atoms with van der Waals surface area (Å²) in [6, 6.07) is 3.78. The van der Waals surface area contributed by atoms with Gasteiger partial charge in [-0.05, 0) is 33.6 Å². The minimum Gasteiger partial charge on any atom is -0.493 e. The fourth-order valence-corrected chi connectivity index (χ4v) is 1.74. The van der Waals surface area contributed by atoms with E-state index >= 15 is 0 Å². The Hall–Kier alpha value is -0.740. The standard InChI is InChI=1S/C9H12BrNO2/c1-12-8-4-6(5-11)3-7(10)9(8)13-2/h3-4H,5,11H2,1-2H3. The average Bonchev–Trinajstić information content (AvgIpc) is 2.16. The van der Waals surface area contributed by atoms with Crippen molar-refractivity contribution in [2.24, 2.45) is 5.73 Å². The molecule has 0 unspecified atom stereocenters. The summed E-state index contributed by atoms with van der Waals surface area (Å²) in [7, 11) is 3.20. The summed E-state index contributed by atoms with van der Waals surface area (Å²) in [5.41, 5.74) is 6.52. The highest BCUT2D eigenvalue weighted by atomic mass is 79.9. The van der Waals surface area contributed by atoms with Gasteiger partial charge in [0.1, 0.15) is 0 Å². The highest BCUT2D eigenvalue weighted by Crippen LogP contribution is 2.35. The van der Waals surface area contributed by atoms with Gasteiger partial charge in [-0.25, -0.2) is 0 Å². The van der Waals surface area contributed by atoms with Gasteiger partial charge in [0.2, 0.25) is 0 Å². The van der Waals surface area contributed by atoms with Crippen LogP contribution >= 0.6 is 15.9 Å². The highest BCUT2D eigenvalue weighted by molar-refractivity contribution is 9.10. The summed E-state index contributed by atoms with van der Waals surface area (Å²) >= 11 is 3.38. The molecular formula is C9H12BrNO2. The molecular weight excluding hydrogens is 234 g/mol. The van der Waals surface area contributed by atoms with Gasteiger partial charge in [-0.15, -0.1) is 0 Å². The molecule has 0 amide bonds. The Bertz CT molecular complexity index is 302. The monoisotopic (exact) mass is 245 g/mol. The summed E-state index contributed by atoms with van der Waals surface area (Å²) in [5, 5.41) is 0. The van der Waals surface area contributed by atoms with Crippen molar-refractivity contribution in [3.63, 3.8) is 0 Å². The van der Waals surface area contributed by atoms with Crippen LogP contribution in [0.4, 0.5) is 0 Å². The summed E-state index contributed by atoms with van der Waals surface area (Å²) in [5.74, 6) is 1.39. The van der Waals surface area contributed by atoms with Gasteiger partial charge in [-0.3, -0.25) is 0 Å². The van der Waals surface area contributed by atoms with Crippen molar-refractivity contribution in [3.05, 3.63) is 22.2 Å². The summed E-state index contributed by atoms with van der Waals surface area (Å²) < 4.78 is 11.2. The van der Waals surface area contributed by atoms with E-state index < -0.39 is 0 Å². The van der Waals surface area contributed by atoms with Crippen molar-refractivity contribution in [2.45, 2.75) is 6.54 Å². The predicted octanol–water partition coefficient (Wildman–Crippen LogP) is 1.93. The SMILES string of the molecule is COc1cc(CN)cc(Br)c1OC. The minimum atomic E-state index is 0.485. The Labute approximate surface area is 86.0 Å². The molecule has 0 saturated carbocycles. The number of ether oxygens (including phenoxy) is 2. The molecule has 0 aliphatic carbocycles. The Morgan fingerprint density at radius 1 is 1.31 bits per heavy atom. The molecule has 72 valence electrons. The quantitative estimate of drug-likeness (QED) is 0.886. The number of hydrogen-bond donors (Lipinski definition) is 1. The molecule has 0 saturated heterocycles. The van der Waals surface area contributed by atoms with Crippen LogP contribution in [0.3, 0.4) is 0 Å². The first-order valence-corrected chi connectivity index (χ1v) is 4.62. The van der Waals surface area contributed by atoms with Crippen LogP contribution in [0.25, 0.3) is 0 Å². The molecule has 0 spiro atoms. The summed E-state index contributed by atoms with van der Waals surface area (Å²) in [4.78, 5) is 0. The molecule has 0 radical (unpaired) electrons. The number of halogens is 1. The van der Waals surface area contributed by atoms with Crippen LogP contribution in [0.2, 0.25) is 0 Å². The summed E-state index contributed by atoms with van der Waals surface area (Å²) in [6.07, 6.45) is 0. The van der Waals surface area contributed by atoms with Crippen molar-refractivity contribution in [1.29, 1.82) is 0 Å². The zero-order valence-corrected chi connectivity index (χ0v) is 9.22. The zero-order chi connectivity index (χ0) is 9.84. The molecule has 1 rings (SSSR count). The second-order valence-corrected chi connectivity index (χ2v) is 3.37. The lowest BCUT2D eigenvalue weighted by atomic mass is 10.2. The van der Waals surface area contributed by atoms with Gasteiger partial charge in [0.25, 0.3) is 0 Å². The van der Waals surface area contributed by atoms with Crippen LogP contribution in [0.5, 0.6) is 11.5 Å². The number of methoxy groups -OCH3 is 2. The van der Waals surface area contributed by atoms with Crippen LogP contribution in [0.1, 0.15) is 5.56 Å². The Morgan fingerprint density at radius 2 is 2.00 bits per heavy atom. The third-order valence-electron chi connectivity index (χ3n) is 1.73. The van der Waals surface area contributed by atoms with E-state index in [0.29, 0.717) is 18.0 Å². The van der Waals surface area contributed by atoms with Gasteiger partial charge in [0.05, 0.1) is 18.7 Å². The Balaban J connectivity index is 3.20. The van der Waals surface area contributed by atoms with Crippen molar-refractivity contribution in [2.75, 3.05) is 14.2 Å². The summed E-state index contributed by atoms with van der Waals surface area (Å²) in [6.45, 7) is 0.485. The molecule has 0 atom stereocenters. The van der Waals surface area contributed by atoms with E-state index in [1.54, 1.807) is 14.2 Å². The Morgan fingerprint density at radius 3 is 2.46 bits per heavy atom. The number of rotatable bonds is 3. The molecule has 3 nitrogen and oxygen atoms in total. The third kappa shape index (κ3) is 2.14. The van der Waals surface area contributed by atoms with Crippen molar-refractivity contribution in [1.82, 2.24) is 0 Å². The van der Waals surface area contributed by atoms with Gasteiger partial charge in [-0.1, -0.05) is 0 Å². The predicted molar refractivity (Wildman–Crippen MR) is 55.1 cm³/mol. The van der Waals surface area contributed by atoms with E-state index in [9.17, 15) is 0 Å². The number of nitrogens with two attached hydrogens (primary N) is 1. The maximum absolute atomic E-state index is 5.52. The van der Waals surface area contributed by atoms with Gasteiger partial charge < -0.3 is 15.2 Å². The van der Waals surface area contributed by atoms with Gasteiger partial charge in [0.15, 0.2) is 11.5 Å². The van der Waals surface area contributed by atoms with Crippen LogP contribution < -0.4 is 15.2 Å². The number of hydrogen-bond acceptors (Lipinski definition) is 3. The molecule has 0 bridgehead atoms. The molecule has 2 N–H and O–H groups in total. The Kier molecular flexibility index (Phi) is 3.57. The normalized spacial score (nSPS) is 9.85. The van der Waals surface area contributed by atoms with Crippen LogP contribution in [0.15, 0.2) is 16.6 Å². The first-order valence-electron chi connectivity index (χ1n) is 3.83. The van der Waals surface area contributed by atoms with Gasteiger partial charge >= 0.3 is 0 Å². The second kappa shape index (κ2) is 4.48. The lowest BCUT2D eigenvalue weighted by Crippen LogP contribution is -1.99. The topological polar surface area (TPSA) is 44.5 Å². The van der Waals surface area contributed by atoms with Crippen molar-refractivity contribution >= 4 is 15.9 Å². The lowest BCUT2D eigenvalue weighted by molar-refractivity contribution is 0.352. The van der Waals surface area contributed by atoms with Crippen molar-refractivity contribution < 1.29 is 9.47 Å². The van der Waals surface area contributed by atoms with Crippen molar-refractivity contribution in [3.8, 4) is 11.5 Å². The highest BCUT2D eigenvalue weighted by Gasteiger charge is 2.09. The molecule has 13 heavy (non-hydrogen) atoms. The first kappa shape index (κ1) is 10.3. The molecule has 4 heteroatoms. The van der Waals surface area contributed by atoms with E-state index in [0.717, 1.165) is 10.0 Å². The van der Waals surface area contributed by atoms with Gasteiger partial charge in [-0.2, -0.15) is 0 Å². The van der Waals surface area contributed by atoms with Crippen LogP contribution in [0, 0.1) is 0 Å². The molecule has 0 aliphatic heterocycles. The fourth-order valence-electron chi connectivity index (χ4n) is 1.09. The number of benzene rings is 1. The van der Waals surface area contributed by atoms with E-state index in [1.165, 1.54) is 0 Å². The van der Waals surface area contributed by atoms with Gasteiger partial charge in [0, 0.05) is 6.54 Å². The molecule has 0 heterocycles. The maximum atomic E-state index is 5.52. The smallest absolute Gasteiger partial charge is 0.174 e. The maximum Gasteiger partial charge on any atom is 0.174 e. The van der Waals surface area contributed by atoms with E-state index in [1.807, 2.05) is 12.1 Å². The molecule has 0 fully saturated rings. The first-order chi connectivity index (χ1) is 6.22. The average molecular weight is 246 g/mol. The van der Waals surface area contributed by atoms with E-state index in [4.69, 9.17) is 15.2 Å². The zero-order valence-electron chi connectivity index (χ0n) is 7.63. The molecule has 0 aliphatic rings. The minimum absolute atomic E-state index is 0.485. The van der Waals surface area contributed by atoms with Crippen LogP contribution in [-0.4, -0.2) is 14.2 Å². The second-order valence-electron chi connectivity index (χ2n) is 2.52. The van der Waals surface area contributed by atoms with Crippen LogP contribution in [-0.2, 0) is 6.54 Å². The largest absolute Gasteiger partial charge is 0.493 e.